The number of fused-ring (bicyclic) bond motifs is 13. The Labute approximate surface area is 284 Å². The molecule has 0 unspecified atom stereocenters. The second-order valence-electron chi connectivity index (χ2n) is 12.8. The van der Waals surface area contributed by atoms with Gasteiger partial charge in [-0.15, -0.1) is 11.3 Å². The summed E-state index contributed by atoms with van der Waals surface area (Å²) in [6.45, 7) is 0. The molecule has 2 aliphatic carbocycles. The van der Waals surface area contributed by atoms with E-state index in [1.165, 1.54) is 73.7 Å². The topological polar surface area (TPSA) is 25.8 Å². The van der Waals surface area contributed by atoms with Crippen molar-refractivity contribution in [3.8, 4) is 11.4 Å². The molecule has 3 heteroatoms. The van der Waals surface area contributed by atoms with Gasteiger partial charge >= 0.3 is 0 Å². The van der Waals surface area contributed by atoms with E-state index in [2.05, 4.69) is 158 Å². The zero-order chi connectivity index (χ0) is 32.1. The summed E-state index contributed by atoms with van der Waals surface area (Å²) in [7, 11) is 0. The van der Waals surface area contributed by atoms with Crippen LogP contribution in [-0.4, -0.2) is 9.97 Å². The molecule has 11 rings (SSSR count). The number of hydrogen-bond acceptors (Lipinski definition) is 3. The third-order valence-corrected chi connectivity index (χ3v) is 11.5. The normalized spacial score (nSPS) is 12.1. The van der Waals surface area contributed by atoms with Crippen LogP contribution in [0.1, 0.15) is 0 Å². The molecule has 49 heavy (non-hydrogen) atoms. The minimum absolute atomic E-state index is 0.747. The summed E-state index contributed by atoms with van der Waals surface area (Å²) in [4.78, 5) is 10.7. The first-order valence-corrected chi connectivity index (χ1v) is 17.5. The second kappa shape index (κ2) is 10.2. The molecule has 0 radical (unpaired) electrons. The van der Waals surface area contributed by atoms with Crippen molar-refractivity contribution in [3.63, 3.8) is 0 Å². The zero-order valence-electron chi connectivity index (χ0n) is 26.3. The number of nitrogens with zero attached hydrogens (tertiary/aromatic N) is 2. The summed E-state index contributed by atoms with van der Waals surface area (Å²) in [5, 5.41) is 18.1. The summed E-state index contributed by atoms with van der Waals surface area (Å²) in [5.74, 6) is 0.747. The quantitative estimate of drug-likeness (QED) is 0.179. The Hall–Kier alpha value is -6.16. The van der Waals surface area contributed by atoms with Gasteiger partial charge in [0.05, 0.1) is 5.52 Å². The molecular weight excluding hydrogens is 613 g/mol. The average Bonchev–Trinajstić information content (AvgIpc) is 3.55. The van der Waals surface area contributed by atoms with Gasteiger partial charge in [0, 0.05) is 47.9 Å². The lowest BCUT2D eigenvalue weighted by atomic mass is 9.91. The van der Waals surface area contributed by atoms with Crippen molar-refractivity contribution in [2.75, 3.05) is 0 Å². The van der Waals surface area contributed by atoms with Crippen LogP contribution in [-0.2, 0) is 0 Å². The Morgan fingerprint density at radius 1 is 0.347 bits per heavy atom. The van der Waals surface area contributed by atoms with Crippen LogP contribution in [0.15, 0.2) is 158 Å². The average molecular weight is 639 g/mol. The van der Waals surface area contributed by atoms with Crippen molar-refractivity contribution in [1.82, 2.24) is 9.97 Å². The second-order valence-corrected chi connectivity index (χ2v) is 13.9. The van der Waals surface area contributed by atoms with Gasteiger partial charge in [0.1, 0.15) is 0 Å². The number of thiophene rings is 1. The fourth-order valence-electron chi connectivity index (χ4n) is 8.21. The highest BCUT2D eigenvalue weighted by Crippen LogP contribution is 2.41. The molecule has 0 saturated heterocycles. The zero-order valence-corrected chi connectivity index (χ0v) is 27.1. The van der Waals surface area contributed by atoms with Crippen LogP contribution < -0.4 is 0 Å². The fourth-order valence-corrected chi connectivity index (χ4v) is 9.42. The van der Waals surface area contributed by atoms with E-state index in [4.69, 9.17) is 9.97 Å². The van der Waals surface area contributed by atoms with Crippen molar-refractivity contribution >= 4 is 96.3 Å². The van der Waals surface area contributed by atoms with Crippen molar-refractivity contribution in [2.45, 2.75) is 0 Å². The number of benzene rings is 7. The third kappa shape index (κ3) is 3.76. The Balaban J connectivity index is 1.45. The van der Waals surface area contributed by atoms with Crippen LogP contribution in [0, 0.1) is 10.4 Å². The lowest BCUT2D eigenvalue weighted by molar-refractivity contribution is 1.24. The number of rotatable bonds is 1. The molecule has 0 saturated carbocycles. The molecular formula is C46H26N2S. The predicted molar refractivity (Wildman–Crippen MR) is 210 cm³/mol. The molecule has 2 aliphatic rings. The molecule has 2 aromatic heterocycles. The van der Waals surface area contributed by atoms with Crippen molar-refractivity contribution in [1.29, 1.82) is 0 Å². The van der Waals surface area contributed by atoms with E-state index in [0.717, 1.165) is 33.1 Å². The van der Waals surface area contributed by atoms with E-state index in [1.54, 1.807) is 0 Å². The highest BCUT2D eigenvalue weighted by molar-refractivity contribution is 7.26. The molecule has 0 N–H and O–H groups in total. The van der Waals surface area contributed by atoms with E-state index < -0.39 is 0 Å². The molecule has 2 nitrogen and oxygen atoms in total. The number of hydrogen-bond donors (Lipinski definition) is 0. The van der Waals surface area contributed by atoms with E-state index in [9.17, 15) is 0 Å². The first kappa shape index (κ1) is 26.9. The van der Waals surface area contributed by atoms with Gasteiger partial charge in [-0.1, -0.05) is 140 Å². The lowest BCUT2D eigenvalue weighted by Crippen LogP contribution is -1.94. The van der Waals surface area contributed by atoms with Crippen LogP contribution in [0.25, 0.3) is 96.3 Å². The molecule has 0 amide bonds. The molecule has 0 fully saturated rings. The maximum Gasteiger partial charge on any atom is 0.161 e. The van der Waals surface area contributed by atoms with Crippen LogP contribution >= 0.6 is 11.3 Å². The van der Waals surface area contributed by atoms with Crippen molar-refractivity contribution in [3.05, 3.63) is 168 Å². The van der Waals surface area contributed by atoms with E-state index >= 15 is 0 Å². The highest BCUT2D eigenvalue weighted by Gasteiger charge is 2.16. The Morgan fingerprint density at radius 3 is 1.39 bits per heavy atom. The van der Waals surface area contributed by atoms with Gasteiger partial charge in [0.15, 0.2) is 5.82 Å². The first-order valence-electron chi connectivity index (χ1n) is 16.7. The van der Waals surface area contributed by atoms with E-state index in [0.29, 0.717) is 0 Å². The number of aromatic nitrogens is 2. The molecule has 2 heterocycles. The van der Waals surface area contributed by atoms with Gasteiger partial charge in [-0.05, 0) is 65.8 Å². The van der Waals surface area contributed by atoms with Gasteiger partial charge in [0.25, 0.3) is 0 Å². The predicted octanol–water partition coefficient (Wildman–Crippen LogP) is 12.7. The van der Waals surface area contributed by atoms with Crippen LogP contribution in [0.2, 0.25) is 0 Å². The fraction of sp³-hybridized carbons (Fsp3) is 0. The van der Waals surface area contributed by atoms with Gasteiger partial charge in [-0.2, -0.15) is 0 Å². The van der Waals surface area contributed by atoms with Gasteiger partial charge in [0.2, 0.25) is 0 Å². The third-order valence-electron chi connectivity index (χ3n) is 10.3. The van der Waals surface area contributed by atoms with Gasteiger partial charge in [-0.3, -0.25) is 0 Å². The Kier molecular flexibility index (Phi) is 5.57. The monoisotopic (exact) mass is 638 g/mol. The summed E-state index contributed by atoms with van der Waals surface area (Å²) < 4.78 is 2.49. The molecule has 0 atom stereocenters. The Morgan fingerprint density at radius 2 is 0.776 bits per heavy atom. The summed E-state index contributed by atoms with van der Waals surface area (Å²) in [5.41, 5.74) is 2.02. The molecule has 9 aromatic rings. The lowest BCUT2D eigenvalue weighted by Gasteiger charge is -2.13. The van der Waals surface area contributed by atoms with E-state index in [1.807, 2.05) is 11.3 Å². The summed E-state index contributed by atoms with van der Waals surface area (Å²) in [6, 6.07) is 55.2. The first-order chi connectivity index (χ1) is 24.3. The minimum Gasteiger partial charge on any atom is -0.236 e. The minimum atomic E-state index is 0.747. The summed E-state index contributed by atoms with van der Waals surface area (Å²) in [6.07, 6.45) is 2.06. The van der Waals surface area contributed by atoms with Crippen LogP contribution in [0.4, 0.5) is 0 Å². The molecule has 0 aliphatic heterocycles. The SMILES string of the molecule is c1ccc2c(c1)sc1c(-c3ncc4c5ccccc5c5cccc6c5=c5c(cccc5c4n3)c3ccccc3c3ccccc63)cccc12. The van der Waals surface area contributed by atoms with Gasteiger partial charge < -0.3 is 0 Å². The summed E-state index contributed by atoms with van der Waals surface area (Å²) >= 11 is 1.82. The van der Waals surface area contributed by atoms with Gasteiger partial charge in [-0.25, -0.2) is 9.97 Å². The molecule has 0 bridgehead atoms. The molecule has 7 aromatic carbocycles. The van der Waals surface area contributed by atoms with Crippen LogP contribution in [0.5, 0.6) is 0 Å². The maximum atomic E-state index is 5.56. The highest BCUT2D eigenvalue weighted by atomic mass is 32.1. The molecule has 0 spiro atoms. The van der Waals surface area contributed by atoms with Crippen molar-refractivity contribution in [2.24, 2.45) is 0 Å². The van der Waals surface area contributed by atoms with Crippen molar-refractivity contribution < 1.29 is 0 Å². The van der Waals surface area contributed by atoms with Crippen LogP contribution in [0.3, 0.4) is 0 Å². The van der Waals surface area contributed by atoms with E-state index in [-0.39, 0.29) is 0 Å². The largest absolute Gasteiger partial charge is 0.236 e. The smallest absolute Gasteiger partial charge is 0.161 e. The standard InChI is InChI=1S/C46H26N2S/c1-3-14-29-27(12-1)28-13-2-4-15-30(28)36-21-10-23-38-43(36)42-34(29)19-9-20-35(42)31-16-5-6-17-32(31)40-26-47-46(48-44(38)40)39-24-11-22-37-33-18-7-8-25-41(33)49-45(37)39/h1-26H. The maximum absolute atomic E-state index is 5.56. The Bertz CT molecular complexity index is 3270. The molecule has 226 valence electrons.